The predicted molar refractivity (Wildman–Crippen MR) is 203 cm³/mol. The zero-order valence-corrected chi connectivity index (χ0v) is 26.0. The van der Waals surface area contributed by atoms with Crippen LogP contribution >= 0.6 is 0 Å². The standard InChI is InChI=1S/C45H28N4O/c1-3-14-29(15-4-1)43-46-44(30-16-5-2-6-17-30)48-45(47-43)37-27-26-31(32-21-13-22-36-35-20-9-12-25-41(35)50-42(32)36)28-40(37)49-38-23-10-7-18-33(38)34-19-8-11-24-39(34)49/h1-28H/i1D,3D,4D,7D,8D,14D,15D,18D,19D,23D,24D. The molecule has 50 heavy (non-hydrogen) atoms. The monoisotopic (exact) mass is 651 g/mol. The number of benzene rings is 7. The van der Waals surface area contributed by atoms with Crippen molar-refractivity contribution < 1.29 is 19.5 Å². The molecule has 3 aromatic heterocycles. The average molecular weight is 652 g/mol. The van der Waals surface area contributed by atoms with Gasteiger partial charge in [-0.15, -0.1) is 0 Å². The summed E-state index contributed by atoms with van der Waals surface area (Å²) in [6.45, 7) is 0. The summed E-state index contributed by atoms with van der Waals surface area (Å²) in [6, 6.07) is 25.9. The van der Waals surface area contributed by atoms with Gasteiger partial charge in [-0.1, -0.05) is 139 Å². The van der Waals surface area contributed by atoms with Gasteiger partial charge in [0.15, 0.2) is 17.5 Å². The van der Waals surface area contributed by atoms with Crippen LogP contribution in [0.25, 0.3) is 94.7 Å². The van der Waals surface area contributed by atoms with Crippen LogP contribution in [-0.4, -0.2) is 19.5 Å². The van der Waals surface area contributed by atoms with Crippen molar-refractivity contribution >= 4 is 43.7 Å². The van der Waals surface area contributed by atoms with Gasteiger partial charge in [0.05, 0.1) is 31.8 Å². The third-order valence-electron chi connectivity index (χ3n) is 8.71. The minimum atomic E-state index is -0.577. The Labute approximate surface area is 303 Å². The molecule has 0 saturated heterocycles. The number of fused-ring (bicyclic) bond motifs is 6. The Morgan fingerprint density at radius 1 is 0.460 bits per heavy atom. The maximum Gasteiger partial charge on any atom is 0.166 e. The van der Waals surface area contributed by atoms with Gasteiger partial charge in [-0.25, -0.2) is 15.0 Å². The number of nitrogens with zero attached hydrogens (tertiary/aromatic N) is 4. The van der Waals surface area contributed by atoms with E-state index in [2.05, 4.69) is 4.98 Å². The van der Waals surface area contributed by atoms with Gasteiger partial charge in [0, 0.05) is 43.8 Å². The van der Waals surface area contributed by atoms with Gasteiger partial charge in [0.1, 0.15) is 11.2 Å². The lowest BCUT2D eigenvalue weighted by Crippen LogP contribution is -2.04. The molecule has 0 aliphatic carbocycles. The van der Waals surface area contributed by atoms with Crippen LogP contribution in [-0.2, 0) is 0 Å². The van der Waals surface area contributed by atoms with Crippen molar-refractivity contribution in [3.05, 3.63) is 170 Å². The molecule has 0 bridgehead atoms. The Morgan fingerprint density at radius 2 is 1.14 bits per heavy atom. The lowest BCUT2D eigenvalue weighted by Gasteiger charge is -2.16. The zero-order valence-electron chi connectivity index (χ0n) is 37.0. The molecule has 0 N–H and O–H groups in total. The molecule has 0 unspecified atom stereocenters. The first-order chi connectivity index (χ1) is 29.3. The summed E-state index contributed by atoms with van der Waals surface area (Å²) in [5.41, 5.74) is 3.68. The quantitative estimate of drug-likeness (QED) is 0.186. The van der Waals surface area contributed by atoms with Crippen LogP contribution in [0, 0.1) is 0 Å². The normalized spacial score (nSPS) is 14.7. The van der Waals surface area contributed by atoms with Crippen LogP contribution in [0.2, 0.25) is 0 Å². The second-order valence-electron chi connectivity index (χ2n) is 11.6. The van der Waals surface area contributed by atoms with Crippen molar-refractivity contribution in [3.63, 3.8) is 0 Å². The molecule has 10 aromatic rings. The minimum absolute atomic E-state index is 0.00126. The molecule has 0 spiro atoms. The number of rotatable bonds is 5. The van der Waals surface area contributed by atoms with Crippen molar-refractivity contribution in [1.29, 1.82) is 0 Å². The fourth-order valence-corrected chi connectivity index (χ4v) is 6.49. The first-order valence-electron chi connectivity index (χ1n) is 21.3. The van der Waals surface area contributed by atoms with Gasteiger partial charge >= 0.3 is 0 Å². The average Bonchev–Trinajstić information content (AvgIpc) is 3.84. The molecule has 10 rings (SSSR count). The van der Waals surface area contributed by atoms with E-state index in [0.717, 1.165) is 10.8 Å². The van der Waals surface area contributed by atoms with Gasteiger partial charge in [0.2, 0.25) is 0 Å². The van der Waals surface area contributed by atoms with E-state index in [1.165, 1.54) is 12.1 Å². The lowest BCUT2D eigenvalue weighted by atomic mass is 9.99. The number of aromatic nitrogens is 4. The molecule has 0 fully saturated rings. The Hall–Kier alpha value is -6.85. The van der Waals surface area contributed by atoms with E-state index in [9.17, 15) is 2.74 Å². The van der Waals surface area contributed by atoms with Crippen LogP contribution in [0.15, 0.2) is 174 Å². The third-order valence-corrected chi connectivity index (χ3v) is 8.71. The van der Waals surface area contributed by atoms with Crippen molar-refractivity contribution in [2.45, 2.75) is 0 Å². The summed E-state index contributed by atoms with van der Waals surface area (Å²) >= 11 is 0. The molecule has 0 atom stereocenters. The number of para-hydroxylation sites is 4. The molecule has 0 amide bonds. The summed E-state index contributed by atoms with van der Waals surface area (Å²) in [4.78, 5) is 14.4. The molecule has 0 radical (unpaired) electrons. The summed E-state index contributed by atoms with van der Waals surface area (Å²) in [7, 11) is 0. The molecule has 0 aliphatic heterocycles. The highest BCUT2D eigenvalue weighted by Gasteiger charge is 2.21. The summed E-state index contributed by atoms with van der Waals surface area (Å²) in [6.07, 6.45) is 0. The Morgan fingerprint density at radius 3 is 1.92 bits per heavy atom. The van der Waals surface area contributed by atoms with E-state index < -0.39 is 30.2 Å². The van der Waals surface area contributed by atoms with E-state index in [4.69, 9.17) is 26.7 Å². The van der Waals surface area contributed by atoms with Crippen LogP contribution in [0.4, 0.5) is 0 Å². The zero-order chi connectivity index (χ0) is 42.6. The summed E-state index contributed by atoms with van der Waals surface area (Å²) < 4.78 is 104. The maximum absolute atomic E-state index is 9.24. The maximum atomic E-state index is 9.24. The topological polar surface area (TPSA) is 56.7 Å². The molecule has 7 aromatic carbocycles. The first-order valence-corrected chi connectivity index (χ1v) is 15.8. The second kappa shape index (κ2) is 11.4. The molecule has 3 heterocycles. The fourth-order valence-electron chi connectivity index (χ4n) is 6.49. The van der Waals surface area contributed by atoms with Gasteiger partial charge in [0.25, 0.3) is 0 Å². The van der Waals surface area contributed by atoms with Crippen LogP contribution in [0.3, 0.4) is 0 Å². The van der Waals surface area contributed by atoms with E-state index in [0.29, 0.717) is 27.9 Å². The summed E-state index contributed by atoms with van der Waals surface area (Å²) in [5, 5.41) is 1.89. The number of furan rings is 1. The highest BCUT2D eigenvalue weighted by atomic mass is 16.3. The van der Waals surface area contributed by atoms with Crippen LogP contribution in [0.5, 0.6) is 0 Å². The third kappa shape index (κ3) is 4.52. The molecule has 5 heteroatoms. The molecular weight excluding hydrogens is 613 g/mol. The largest absolute Gasteiger partial charge is 0.455 e. The molecular formula is C45H28N4O. The van der Waals surface area contributed by atoms with Crippen molar-refractivity contribution in [3.8, 4) is 51.0 Å². The van der Waals surface area contributed by atoms with Crippen LogP contribution < -0.4 is 0 Å². The minimum Gasteiger partial charge on any atom is -0.455 e. The van der Waals surface area contributed by atoms with Gasteiger partial charge in [-0.3, -0.25) is 0 Å². The molecule has 234 valence electrons. The Balaban J connectivity index is 1.37. The molecule has 0 aliphatic rings. The smallest absolute Gasteiger partial charge is 0.166 e. The number of hydrogen-bond donors (Lipinski definition) is 0. The first kappa shape index (κ1) is 19.2. The van der Waals surface area contributed by atoms with E-state index >= 15 is 0 Å². The SMILES string of the molecule is [2H]c1cc([2H])c2c(c1[2H])c1c([2H])c([2H])cc([2H])c1n2-c1cc(-c2cccc3c2oc2ccccc23)ccc1-c1nc(-c2ccccc2)nc(-c2c([2H])c([2H])c([2H])c([2H])c2[2H])n1. The van der Waals surface area contributed by atoms with Gasteiger partial charge in [-0.05, 0) is 35.8 Å². The summed E-state index contributed by atoms with van der Waals surface area (Å²) in [5.74, 6) is -0.0793. The van der Waals surface area contributed by atoms with E-state index in [1.807, 2.05) is 54.6 Å². The van der Waals surface area contributed by atoms with Gasteiger partial charge in [-0.2, -0.15) is 0 Å². The predicted octanol–water partition coefficient (Wildman–Crippen LogP) is 11.5. The Kier molecular flexibility index (Phi) is 4.38. The highest BCUT2D eigenvalue weighted by molar-refractivity contribution is 6.11. The van der Waals surface area contributed by atoms with Crippen LogP contribution in [0.1, 0.15) is 15.1 Å². The molecule has 0 saturated carbocycles. The second-order valence-corrected chi connectivity index (χ2v) is 11.6. The van der Waals surface area contributed by atoms with Crippen molar-refractivity contribution in [2.24, 2.45) is 0 Å². The van der Waals surface area contributed by atoms with Crippen molar-refractivity contribution in [2.75, 3.05) is 0 Å². The van der Waals surface area contributed by atoms with Gasteiger partial charge < -0.3 is 8.98 Å². The lowest BCUT2D eigenvalue weighted by molar-refractivity contribution is 0.670. The van der Waals surface area contributed by atoms with E-state index in [1.54, 1.807) is 41.0 Å². The van der Waals surface area contributed by atoms with Crippen molar-refractivity contribution in [1.82, 2.24) is 19.5 Å². The molecule has 5 nitrogen and oxygen atoms in total. The number of hydrogen-bond acceptors (Lipinski definition) is 4. The Bertz CT molecular complexity index is 3410. The van der Waals surface area contributed by atoms with E-state index in [-0.39, 0.29) is 92.3 Å². The fraction of sp³-hybridized carbons (Fsp3) is 0. The highest BCUT2D eigenvalue weighted by Crippen LogP contribution is 2.41.